The molecular formula is C53H35N5. The predicted octanol–water partition coefficient (Wildman–Crippen LogP) is 13.6. The van der Waals surface area contributed by atoms with Gasteiger partial charge in [-0.25, -0.2) is 15.0 Å². The molecule has 8 aromatic carbocycles. The third kappa shape index (κ3) is 5.68. The Hall–Kier alpha value is -7.89. The molecule has 5 nitrogen and oxygen atoms in total. The Morgan fingerprint density at radius 1 is 0.328 bits per heavy atom. The van der Waals surface area contributed by atoms with Gasteiger partial charge in [0.2, 0.25) is 0 Å². The van der Waals surface area contributed by atoms with E-state index in [1.165, 1.54) is 27.8 Å². The third-order valence-corrected chi connectivity index (χ3v) is 11.0. The summed E-state index contributed by atoms with van der Waals surface area (Å²) in [6, 6.07) is 74.7. The van der Waals surface area contributed by atoms with Crippen LogP contribution in [0.5, 0.6) is 0 Å². The molecule has 0 bridgehead atoms. The van der Waals surface area contributed by atoms with E-state index in [0.29, 0.717) is 17.5 Å². The van der Waals surface area contributed by atoms with Crippen molar-refractivity contribution in [1.29, 1.82) is 0 Å². The molecule has 58 heavy (non-hydrogen) atoms. The van der Waals surface area contributed by atoms with Gasteiger partial charge >= 0.3 is 0 Å². The van der Waals surface area contributed by atoms with Gasteiger partial charge in [0.1, 0.15) is 0 Å². The molecule has 2 aromatic heterocycles. The lowest BCUT2D eigenvalue weighted by Crippen LogP contribution is -2.11. The molecule has 0 N–H and O–H groups in total. The minimum atomic E-state index is 0.630. The highest BCUT2D eigenvalue weighted by Crippen LogP contribution is 2.54. The van der Waals surface area contributed by atoms with Crippen LogP contribution >= 0.6 is 0 Å². The Morgan fingerprint density at radius 2 is 0.793 bits per heavy atom. The largest absolute Gasteiger partial charge is 0.309 e. The van der Waals surface area contributed by atoms with Crippen LogP contribution in [-0.2, 0) is 0 Å². The first-order chi connectivity index (χ1) is 28.8. The van der Waals surface area contributed by atoms with Gasteiger partial charge in [0.15, 0.2) is 17.5 Å². The van der Waals surface area contributed by atoms with E-state index in [9.17, 15) is 0 Å². The van der Waals surface area contributed by atoms with E-state index < -0.39 is 0 Å². The van der Waals surface area contributed by atoms with Crippen molar-refractivity contribution in [2.24, 2.45) is 0 Å². The summed E-state index contributed by atoms with van der Waals surface area (Å²) in [5, 5.41) is 1.21. The SMILES string of the molecule is c1ccc(-c2nc(-c3ccccc3)nc(-c3cccc(-c4cccc(-n5c6c(c7ccccc75)-c5ccccc5N(c5ccccc5)c5ccccc5-6)c4)c3)n2)cc1. The van der Waals surface area contributed by atoms with E-state index in [-0.39, 0.29) is 0 Å². The van der Waals surface area contributed by atoms with Crippen LogP contribution in [0.4, 0.5) is 17.1 Å². The Morgan fingerprint density at radius 3 is 1.48 bits per heavy atom. The van der Waals surface area contributed by atoms with E-state index in [4.69, 9.17) is 15.0 Å². The van der Waals surface area contributed by atoms with E-state index in [2.05, 4.69) is 161 Å². The maximum Gasteiger partial charge on any atom is 0.164 e. The lowest BCUT2D eigenvalue weighted by molar-refractivity contribution is 1.07. The van der Waals surface area contributed by atoms with Crippen LogP contribution in [0.15, 0.2) is 212 Å². The lowest BCUT2D eigenvalue weighted by atomic mass is 9.98. The molecule has 0 atom stereocenters. The van der Waals surface area contributed by atoms with Crippen molar-refractivity contribution < 1.29 is 0 Å². The number of fused-ring (bicyclic) bond motifs is 7. The fourth-order valence-electron chi connectivity index (χ4n) is 8.37. The van der Waals surface area contributed by atoms with Crippen LogP contribution in [-0.4, -0.2) is 19.5 Å². The molecule has 272 valence electrons. The first-order valence-corrected chi connectivity index (χ1v) is 19.5. The van der Waals surface area contributed by atoms with Gasteiger partial charge in [0.25, 0.3) is 0 Å². The molecule has 0 aliphatic carbocycles. The highest BCUT2D eigenvalue weighted by atomic mass is 15.2. The van der Waals surface area contributed by atoms with Crippen molar-refractivity contribution in [3.8, 4) is 73.4 Å². The van der Waals surface area contributed by atoms with Crippen molar-refractivity contribution >= 4 is 28.0 Å². The topological polar surface area (TPSA) is 46.8 Å². The van der Waals surface area contributed by atoms with Crippen molar-refractivity contribution in [2.45, 2.75) is 0 Å². The van der Waals surface area contributed by atoms with Gasteiger partial charge in [-0.3, -0.25) is 0 Å². The number of nitrogens with zero attached hydrogens (tertiary/aromatic N) is 5. The van der Waals surface area contributed by atoms with Crippen LogP contribution < -0.4 is 4.90 Å². The molecule has 5 heteroatoms. The van der Waals surface area contributed by atoms with E-state index in [1.807, 2.05) is 60.7 Å². The average Bonchev–Trinajstić information content (AvgIpc) is 3.59. The van der Waals surface area contributed by atoms with Crippen LogP contribution in [0.2, 0.25) is 0 Å². The summed E-state index contributed by atoms with van der Waals surface area (Å²) in [5.41, 5.74) is 15.4. The molecule has 0 amide bonds. The lowest BCUT2D eigenvalue weighted by Gasteiger charge is -2.27. The zero-order valence-electron chi connectivity index (χ0n) is 31.4. The number of benzene rings is 8. The standard InChI is InChI=1S/C53H35N5/c1-4-18-36(19-5-1)51-54-52(37-20-6-2-7-21-37)56-53(55-51)40-24-16-22-38(34-40)39-23-17-27-42(35-39)58-47-32-14-11-29-44(47)49-43-28-10-13-31-46(43)57(41-25-8-3-9-26-41)48-33-15-12-30-45(48)50(49)58/h1-35H. The first kappa shape index (κ1) is 33.4. The van der Waals surface area contributed by atoms with Crippen LogP contribution in [0.1, 0.15) is 0 Å². The van der Waals surface area contributed by atoms with Gasteiger partial charge in [-0.2, -0.15) is 0 Å². The van der Waals surface area contributed by atoms with Crippen LogP contribution in [0.25, 0.3) is 84.3 Å². The molecule has 11 rings (SSSR count). The molecule has 1 aliphatic heterocycles. The van der Waals surface area contributed by atoms with E-state index >= 15 is 0 Å². The molecule has 10 aromatic rings. The van der Waals surface area contributed by atoms with Crippen molar-refractivity contribution in [2.75, 3.05) is 4.90 Å². The maximum absolute atomic E-state index is 5.02. The van der Waals surface area contributed by atoms with E-state index in [0.717, 1.165) is 56.1 Å². The molecule has 0 fully saturated rings. The molecule has 0 saturated heterocycles. The van der Waals surface area contributed by atoms with Gasteiger partial charge in [-0.15, -0.1) is 0 Å². The molecule has 0 unspecified atom stereocenters. The number of hydrogen-bond acceptors (Lipinski definition) is 4. The van der Waals surface area contributed by atoms with Crippen molar-refractivity contribution in [1.82, 2.24) is 19.5 Å². The molecule has 0 radical (unpaired) electrons. The molecule has 0 spiro atoms. The molecule has 1 aliphatic rings. The fraction of sp³-hybridized carbons (Fsp3) is 0. The quantitative estimate of drug-likeness (QED) is 0.170. The Kier molecular flexibility index (Phi) is 8.07. The second kappa shape index (κ2) is 14.0. The van der Waals surface area contributed by atoms with Gasteiger partial charge in [0, 0.05) is 50.1 Å². The summed E-state index contributed by atoms with van der Waals surface area (Å²) in [7, 11) is 0. The van der Waals surface area contributed by atoms with Crippen molar-refractivity contribution in [3.05, 3.63) is 212 Å². The first-order valence-electron chi connectivity index (χ1n) is 19.5. The van der Waals surface area contributed by atoms with Gasteiger partial charge in [0.05, 0.1) is 22.6 Å². The minimum absolute atomic E-state index is 0.630. The smallest absolute Gasteiger partial charge is 0.164 e. The average molecular weight is 742 g/mol. The Bertz CT molecular complexity index is 3060. The second-order valence-corrected chi connectivity index (χ2v) is 14.5. The summed E-state index contributed by atoms with van der Waals surface area (Å²) < 4.78 is 2.45. The minimum Gasteiger partial charge on any atom is -0.309 e. The van der Waals surface area contributed by atoms with Crippen LogP contribution in [0, 0.1) is 0 Å². The fourth-order valence-corrected chi connectivity index (χ4v) is 8.37. The monoisotopic (exact) mass is 741 g/mol. The van der Waals surface area contributed by atoms with Gasteiger partial charge < -0.3 is 9.47 Å². The number of anilines is 3. The summed E-state index contributed by atoms with van der Waals surface area (Å²) in [4.78, 5) is 17.4. The normalized spacial score (nSPS) is 11.8. The number of para-hydroxylation sites is 4. The molecular weight excluding hydrogens is 707 g/mol. The zero-order valence-corrected chi connectivity index (χ0v) is 31.4. The Balaban J connectivity index is 1.09. The highest BCUT2D eigenvalue weighted by Gasteiger charge is 2.31. The molecule has 3 heterocycles. The van der Waals surface area contributed by atoms with Crippen LogP contribution in [0.3, 0.4) is 0 Å². The maximum atomic E-state index is 5.02. The summed E-state index contributed by atoms with van der Waals surface area (Å²) in [5.74, 6) is 1.92. The number of hydrogen-bond donors (Lipinski definition) is 0. The Labute approximate surface area is 336 Å². The summed E-state index contributed by atoms with van der Waals surface area (Å²) in [6.45, 7) is 0. The van der Waals surface area contributed by atoms with Gasteiger partial charge in [-0.1, -0.05) is 164 Å². The third-order valence-electron chi connectivity index (χ3n) is 11.0. The number of rotatable bonds is 6. The molecule has 0 saturated carbocycles. The summed E-state index contributed by atoms with van der Waals surface area (Å²) in [6.07, 6.45) is 0. The van der Waals surface area contributed by atoms with Gasteiger partial charge in [-0.05, 0) is 59.7 Å². The summed E-state index contributed by atoms with van der Waals surface area (Å²) >= 11 is 0. The van der Waals surface area contributed by atoms with Crippen molar-refractivity contribution in [3.63, 3.8) is 0 Å². The number of aromatic nitrogens is 4. The second-order valence-electron chi connectivity index (χ2n) is 14.5. The zero-order chi connectivity index (χ0) is 38.4. The predicted molar refractivity (Wildman–Crippen MR) is 238 cm³/mol. The van der Waals surface area contributed by atoms with E-state index in [1.54, 1.807) is 0 Å². The highest BCUT2D eigenvalue weighted by molar-refractivity contribution is 6.13.